The Kier molecular flexibility index (Phi) is 6.80. The molecule has 1 aromatic rings. The third-order valence-electron chi connectivity index (χ3n) is 3.81. The molecule has 7 nitrogen and oxygen atoms in total. The molecule has 1 fully saturated rings. The molecule has 0 aromatic heterocycles. The van der Waals surface area contributed by atoms with Crippen LogP contribution in [-0.2, 0) is 19.1 Å². The van der Waals surface area contributed by atoms with Crippen LogP contribution < -0.4 is 15.0 Å². The number of carbonyl (C=O) groups excluding carboxylic acids is 3. The average molecular weight is 348 g/mol. The van der Waals surface area contributed by atoms with E-state index in [1.165, 1.54) is 0 Å². The lowest BCUT2D eigenvalue weighted by molar-refractivity contribution is -0.144. The molecule has 0 bridgehead atoms. The molecular weight excluding hydrogens is 324 g/mol. The van der Waals surface area contributed by atoms with E-state index in [1.807, 2.05) is 31.2 Å². The van der Waals surface area contributed by atoms with Gasteiger partial charge in [0.15, 0.2) is 0 Å². The highest BCUT2D eigenvalue weighted by Crippen LogP contribution is 2.24. The number of ether oxygens (including phenoxy) is 2. The second-order valence-corrected chi connectivity index (χ2v) is 5.70. The number of carbonyl (C=O) groups is 3. The predicted molar refractivity (Wildman–Crippen MR) is 92.4 cm³/mol. The van der Waals surface area contributed by atoms with Gasteiger partial charge >= 0.3 is 5.97 Å². The number of nitrogens with zero attached hydrogens (tertiary/aromatic N) is 1. The van der Waals surface area contributed by atoms with E-state index in [0.29, 0.717) is 19.8 Å². The van der Waals surface area contributed by atoms with Gasteiger partial charge in [0.05, 0.1) is 25.7 Å². The molecule has 1 heterocycles. The van der Waals surface area contributed by atoms with Crippen molar-refractivity contribution in [3.63, 3.8) is 0 Å². The van der Waals surface area contributed by atoms with Crippen LogP contribution in [0.15, 0.2) is 24.3 Å². The van der Waals surface area contributed by atoms with Crippen molar-refractivity contribution in [2.24, 2.45) is 0 Å². The van der Waals surface area contributed by atoms with Gasteiger partial charge in [-0.2, -0.15) is 0 Å². The predicted octanol–water partition coefficient (Wildman–Crippen LogP) is 1.65. The van der Waals surface area contributed by atoms with Gasteiger partial charge in [-0.3, -0.25) is 14.4 Å². The zero-order chi connectivity index (χ0) is 18.2. The summed E-state index contributed by atoms with van der Waals surface area (Å²) >= 11 is 0. The Morgan fingerprint density at radius 1 is 1.16 bits per heavy atom. The van der Waals surface area contributed by atoms with E-state index in [4.69, 9.17) is 9.47 Å². The summed E-state index contributed by atoms with van der Waals surface area (Å²) in [4.78, 5) is 37.0. The van der Waals surface area contributed by atoms with E-state index in [0.717, 1.165) is 11.4 Å². The van der Waals surface area contributed by atoms with Gasteiger partial charge in [0.1, 0.15) is 5.75 Å². The monoisotopic (exact) mass is 348 g/mol. The van der Waals surface area contributed by atoms with Gasteiger partial charge in [-0.25, -0.2) is 0 Å². The van der Waals surface area contributed by atoms with Crippen LogP contribution in [0.25, 0.3) is 0 Å². The van der Waals surface area contributed by atoms with Crippen LogP contribution in [0.3, 0.4) is 0 Å². The molecule has 1 saturated heterocycles. The Hall–Kier alpha value is -2.57. The minimum atomic E-state index is -0.392. The lowest BCUT2D eigenvalue weighted by atomic mass is 10.2. The van der Waals surface area contributed by atoms with E-state index in [2.05, 4.69) is 5.32 Å². The number of benzene rings is 1. The maximum Gasteiger partial charge on any atom is 0.306 e. The van der Waals surface area contributed by atoms with Crippen molar-refractivity contribution in [1.29, 1.82) is 0 Å². The summed E-state index contributed by atoms with van der Waals surface area (Å²) in [5.41, 5.74) is 0.775. The molecule has 1 N–H and O–H groups in total. The first-order valence-electron chi connectivity index (χ1n) is 8.51. The maximum absolute atomic E-state index is 12.2. The van der Waals surface area contributed by atoms with E-state index in [1.54, 1.807) is 11.8 Å². The molecule has 7 heteroatoms. The van der Waals surface area contributed by atoms with Crippen molar-refractivity contribution in [1.82, 2.24) is 5.32 Å². The minimum absolute atomic E-state index is 0.0418. The molecule has 1 aromatic carbocycles. The molecular formula is C18H24N2O5. The number of amides is 2. The highest BCUT2D eigenvalue weighted by Gasteiger charge is 2.31. The van der Waals surface area contributed by atoms with Crippen molar-refractivity contribution in [2.75, 3.05) is 24.7 Å². The lowest BCUT2D eigenvalue weighted by Crippen LogP contribution is -2.37. The van der Waals surface area contributed by atoms with Crippen molar-refractivity contribution in [2.45, 2.75) is 39.2 Å². The van der Waals surface area contributed by atoms with Crippen molar-refractivity contribution < 1.29 is 23.9 Å². The second kappa shape index (κ2) is 9.05. The average Bonchev–Trinajstić information content (AvgIpc) is 2.94. The van der Waals surface area contributed by atoms with Crippen LogP contribution in [0.4, 0.5) is 5.69 Å². The second-order valence-electron chi connectivity index (χ2n) is 5.70. The van der Waals surface area contributed by atoms with Crippen molar-refractivity contribution >= 4 is 23.5 Å². The van der Waals surface area contributed by atoms with Crippen LogP contribution in [0.2, 0.25) is 0 Å². The molecule has 1 aliphatic rings. The molecule has 2 amide bonds. The first-order chi connectivity index (χ1) is 12.0. The SMILES string of the molecule is CCOC(=O)CCC(=O)NC1CC(=O)N(c2ccc(OCC)cc2)C1. The van der Waals surface area contributed by atoms with Gasteiger partial charge < -0.3 is 19.7 Å². The third-order valence-corrected chi connectivity index (χ3v) is 3.81. The molecule has 0 aliphatic carbocycles. The molecule has 136 valence electrons. The Balaban J connectivity index is 1.85. The molecule has 0 spiro atoms. The Morgan fingerprint density at radius 3 is 2.52 bits per heavy atom. The highest BCUT2D eigenvalue weighted by molar-refractivity contribution is 5.97. The molecule has 0 saturated carbocycles. The first-order valence-corrected chi connectivity index (χ1v) is 8.51. The quantitative estimate of drug-likeness (QED) is 0.722. The molecule has 1 aliphatic heterocycles. The molecule has 25 heavy (non-hydrogen) atoms. The summed E-state index contributed by atoms with van der Waals surface area (Å²) in [5.74, 6) is 0.0668. The Morgan fingerprint density at radius 2 is 1.88 bits per heavy atom. The van der Waals surface area contributed by atoms with Crippen LogP contribution in [0, 0.1) is 0 Å². The lowest BCUT2D eigenvalue weighted by Gasteiger charge is -2.17. The Labute approximate surface area is 147 Å². The maximum atomic E-state index is 12.2. The van der Waals surface area contributed by atoms with Crippen molar-refractivity contribution in [3.05, 3.63) is 24.3 Å². The van der Waals surface area contributed by atoms with Gasteiger partial charge in [0, 0.05) is 25.1 Å². The van der Waals surface area contributed by atoms with Gasteiger partial charge in [0.25, 0.3) is 0 Å². The van der Waals surface area contributed by atoms with Gasteiger partial charge in [-0.15, -0.1) is 0 Å². The first kappa shape index (κ1) is 18.8. The summed E-state index contributed by atoms with van der Waals surface area (Å²) in [7, 11) is 0. The third kappa shape index (κ3) is 5.48. The number of anilines is 1. The summed E-state index contributed by atoms with van der Waals surface area (Å²) in [6.45, 7) is 4.93. The van der Waals surface area contributed by atoms with Gasteiger partial charge in [-0.1, -0.05) is 0 Å². The molecule has 0 radical (unpaired) electrons. The summed E-state index contributed by atoms with van der Waals surface area (Å²) in [6, 6.07) is 7.03. The Bertz CT molecular complexity index is 614. The van der Waals surface area contributed by atoms with Gasteiger partial charge in [0.2, 0.25) is 11.8 Å². The normalized spacial score (nSPS) is 16.6. The van der Waals surface area contributed by atoms with Crippen LogP contribution in [0.1, 0.15) is 33.1 Å². The van der Waals surface area contributed by atoms with Crippen LogP contribution in [0.5, 0.6) is 5.75 Å². The number of nitrogens with one attached hydrogen (secondary N) is 1. The highest BCUT2D eigenvalue weighted by atomic mass is 16.5. The smallest absolute Gasteiger partial charge is 0.306 e. The number of hydrogen-bond acceptors (Lipinski definition) is 5. The van der Waals surface area contributed by atoms with E-state index < -0.39 is 5.97 Å². The fraction of sp³-hybridized carbons (Fsp3) is 0.500. The molecule has 1 atom stereocenters. The summed E-state index contributed by atoms with van der Waals surface area (Å²) in [6.07, 6.45) is 0.355. The minimum Gasteiger partial charge on any atom is -0.494 e. The number of esters is 1. The zero-order valence-corrected chi connectivity index (χ0v) is 14.6. The van der Waals surface area contributed by atoms with Crippen LogP contribution >= 0.6 is 0 Å². The summed E-state index contributed by atoms with van der Waals surface area (Å²) < 4.78 is 10.2. The summed E-state index contributed by atoms with van der Waals surface area (Å²) in [5, 5.41) is 2.80. The van der Waals surface area contributed by atoms with E-state index >= 15 is 0 Å². The van der Waals surface area contributed by atoms with Gasteiger partial charge in [-0.05, 0) is 38.1 Å². The zero-order valence-electron chi connectivity index (χ0n) is 14.6. The molecule has 1 unspecified atom stereocenters. The largest absolute Gasteiger partial charge is 0.494 e. The van der Waals surface area contributed by atoms with Crippen LogP contribution in [-0.4, -0.2) is 43.6 Å². The fourth-order valence-electron chi connectivity index (χ4n) is 2.69. The number of hydrogen-bond donors (Lipinski definition) is 1. The number of rotatable bonds is 8. The van der Waals surface area contributed by atoms with E-state index in [9.17, 15) is 14.4 Å². The topological polar surface area (TPSA) is 84.9 Å². The van der Waals surface area contributed by atoms with Crippen molar-refractivity contribution in [3.8, 4) is 5.75 Å². The molecule has 2 rings (SSSR count). The van der Waals surface area contributed by atoms with E-state index in [-0.39, 0.29) is 37.1 Å². The fourth-order valence-corrected chi connectivity index (χ4v) is 2.69. The standard InChI is InChI=1S/C18H24N2O5/c1-3-24-15-7-5-14(6-8-15)20-12-13(11-17(20)22)19-16(21)9-10-18(23)25-4-2/h5-8,13H,3-4,9-12H2,1-2H3,(H,19,21).